The summed E-state index contributed by atoms with van der Waals surface area (Å²) in [7, 11) is 0. The van der Waals surface area contributed by atoms with Gasteiger partial charge in [-0.3, -0.25) is 4.79 Å². The van der Waals surface area contributed by atoms with Crippen LogP contribution in [0.15, 0.2) is 12.1 Å². The molecule has 2 N–H and O–H groups in total. The molecule has 1 unspecified atom stereocenters. The van der Waals surface area contributed by atoms with E-state index in [2.05, 4.69) is 50.5 Å². The lowest BCUT2D eigenvalue weighted by Crippen LogP contribution is -2.33. The van der Waals surface area contributed by atoms with Crippen molar-refractivity contribution < 1.29 is 4.79 Å². The molecule has 1 aromatic carbocycles. The van der Waals surface area contributed by atoms with Crippen molar-refractivity contribution in [3.05, 3.63) is 34.4 Å². The van der Waals surface area contributed by atoms with Gasteiger partial charge in [-0.15, -0.1) is 0 Å². The fraction of sp³-hybridized carbons (Fsp3) is 0.588. The summed E-state index contributed by atoms with van der Waals surface area (Å²) in [5.41, 5.74) is 5.27. The van der Waals surface area contributed by atoms with Crippen LogP contribution >= 0.6 is 0 Å². The van der Waals surface area contributed by atoms with Crippen molar-refractivity contribution in [3.8, 4) is 0 Å². The fourth-order valence-electron chi connectivity index (χ4n) is 2.77. The van der Waals surface area contributed by atoms with Crippen LogP contribution in [0, 0.1) is 20.8 Å². The van der Waals surface area contributed by atoms with E-state index >= 15 is 0 Å². The van der Waals surface area contributed by atoms with Gasteiger partial charge in [-0.2, -0.15) is 0 Å². The van der Waals surface area contributed by atoms with Crippen molar-refractivity contribution in [1.82, 2.24) is 10.6 Å². The van der Waals surface area contributed by atoms with Gasteiger partial charge < -0.3 is 10.6 Å². The molecule has 0 aliphatic heterocycles. The molecule has 0 aliphatic carbocycles. The number of rotatable bonds is 6. The zero-order chi connectivity index (χ0) is 15.3. The number of hydrogen-bond donors (Lipinski definition) is 2. The molecule has 0 radical (unpaired) electrons. The molecule has 0 bridgehead atoms. The van der Waals surface area contributed by atoms with Gasteiger partial charge in [0.1, 0.15) is 0 Å². The summed E-state index contributed by atoms with van der Waals surface area (Å²) < 4.78 is 0. The molecular formula is C17H28N2O. The first kappa shape index (κ1) is 16.7. The summed E-state index contributed by atoms with van der Waals surface area (Å²) in [4.78, 5) is 11.6. The van der Waals surface area contributed by atoms with E-state index in [1.807, 2.05) is 13.8 Å². The Morgan fingerprint density at radius 1 is 1.10 bits per heavy atom. The Hall–Kier alpha value is -1.35. The molecule has 0 saturated carbocycles. The Bertz CT molecular complexity index is 443. The van der Waals surface area contributed by atoms with E-state index in [0.717, 1.165) is 0 Å². The second-order valence-electron chi connectivity index (χ2n) is 5.96. The average Bonchev–Trinajstić information content (AvgIpc) is 2.25. The predicted molar refractivity (Wildman–Crippen MR) is 85.0 cm³/mol. The van der Waals surface area contributed by atoms with Crippen LogP contribution in [0.3, 0.4) is 0 Å². The van der Waals surface area contributed by atoms with Crippen LogP contribution in [0.25, 0.3) is 0 Å². The molecule has 1 atom stereocenters. The maximum atomic E-state index is 11.6. The van der Waals surface area contributed by atoms with E-state index in [0.29, 0.717) is 13.0 Å². The first-order chi connectivity index (χ1) is 9.31. The number of carbonyl (C=O) groups is 1. The standard InChI is InChI=1S/C17H28N2O/c1-11(2)19-16(20)7-8-18-15(6)17-13(4)9-12(3)10-14(17)5/h9-11,15,18H,7-8H2,1-6H3,(H,19,20). The van der Waals surface area contributed by atoms with Crippen LogP contribution in [-0.4, -0.2) is 18.5 Å². The second kappa shape index (κ2) is 7.44. The highest BCUT2D eigenvalue weighted by molar-refractivity contribution is 5.76. The highest BCUT2D eigenvalue weighted by Gasteiger charge is 2.12. The van der Waals surface area contributed by atoms with Crippen molar-refractivity contribution in [1.29, 1.82) is 0 Å². The van der Waals surface area contributed by atoms with Gasteiger partial charge in [-0.1, -0.05) is 17.7 Å². The molecule has 0 heterocycles. The summed E-state index contributed by atoms with van der Waals surface area (Å²) in [6.07, 6.45) is 0.520. The minimum absolute atomic E-state index is 0.108. The van der Waals surface area contributed by atoms with Crippen molar-refractivity contribution in [2.75, 3.05) is 6.54 Å². The van der Waals surface area contributed by atoms with Crippen molar-refractivity contribution >= 4 is 5.91 Å². The lowest BCUT2D eigenvalue weighted by atomic mass is 9.95. The zero-order valence-corrected chi connectivity index (χ0v) is 13.6. The fourth-order valence-corrected chi connectivity index (χ4v) is 2.77. The molecule has 0 aromatic heterocycles. The number of hydrogen-bond acceptors (Lipinski definition) is 2. The highest BCUT2D eigenvalue weighted by atomic mass is 16.1. The van der Waals surface area contributed by atoms with E-state index in [9.17, 15) is 4.79 Å². The van der Waals surface area contributed by atoms with E-state index in [4.69, 9.17) is 0 Å². The molecular weight excluding hydrogens is 248 g/mol. The van der Waals surface area contributed by atoms with Crippen LogP contribution in [0.1, 0.15) is 55.5 Å². The van der Waals surface area contributed by atoms with Crippen LogP contribution in [0.2, 0.25) is 0 Å². The Labute approximate surface area is 123 Å². The largest absolute Gasteiger partial charge is 0.354 e. The molecule has 112 valence electrons. The van der Waals surface area contributed by atoms with Crippen molar-refractivity contribution in [3.63, 3.8) is 0 Å². The molecule has 20 heavy (non-hydrogen) atoms. The average molecular weight is 276 g/mol. The molecule has 0 spiro atoms. The third kappa shape index (κ3) is 4.97. The molecule has 1 rings (SSSR count). The van der Waals surface area contributed by atoms with Gasteiger partial charge in [0.2, 0.25) is 5.91 Å². The van der Waals surface area contributed by atoms with Gasteiger partial charge in [0, 0.05) is 25.0 Å². The SMILES string of the molecule is Cc1cc(C)c(C(C)NCCC(=O)NC(C)C)c(C)c1. The third-order valence-electron chi connectivity index (χ3n) is 3.42. The van der Waals surface area contributed by atoms with Crippen molar-refractivity contribution in [2.45, 2.75) is 60.0 Å². The topological polar surface area (TPSA) is 41.1 Å². The van der Waals surface area contributed by atoms with Gasteiger partial charge in [-0.05, 0) is 58.2 Å². The predicted octanol–water partition coefficient (Wildman–Crippen LogP) is 3.18. The molecule has 3 heteroatoms. The lowest BCUT2D eigenvalue weighted by molar-refractivity contribution is -0.121. The van der Waals surface area contributed by atoms with E-state index in [1.165, 1.54) is 22.3 Å². The maximum absolute atomic E-state index is 11.6. The number of nitrogens with one attached hydrogen (secondary N) is 2. The lowest BCUT2D eigenvalue weighted by Gasteiger charge is -2.20. The van der Waals surface area contributed by atoms with Crippen LogP contribution < -0.4 is 10.6 Å². The summed E-state index contributed by atoms with van der Waals surface area (Å²) in [6, 6.07) is 4.90. The number of amides is 1. The Morgan fingerprint density at radius 3 is 2.15 bits per heavy atom. The molecule has 1 aromatic rings. The Kier molecular flexibility index (Phi) is 6.21. The summed E-state index contributed by atoms with van der Waals surface area (Å²) >= 11 is 0. The Morgan fingerprint density at radius 2 is 1.65 bits per heavy atom. The third-order valence-corrected chi connectivity index (χ3v) is 3.42. The minimum Gasteiger partial charge on any atom is -0.354 e. The number of aryl methyl sites for hydroxylation is 3. The van der Waals surface area contributed by atoms with E-state index in [-0.39, 0.29) is 18.0 Å². The summed E-state index contributed by atoms with van der Waals surface area (Å²) in [5, 5.41) is 6.35. The normalized spacial score (nSPS) is 12.6. The van der Waals surface area contributed by atoms with Crippen LogP contribution in [0.4, 0.5) is 0 Å². The molecule has 0 fully saturated rings. The monoisotopic (exact) mass is 276 g/mol. The number of benzene rings is 1. The molecule has 0 aliphatic rings. The molecule has 0 saturated heterocycles. The molecule has 3 nitrogen and oxygen atoms in total. The first-order valence-corrected chi connectivity index (χ1v) is 7.41. The number of carbonyl (C=O) groups excluding carboxylic acids is 1. The van der Waals surface area contributed by atoms with E-state index < -0.39 is 0 Å². The van der Waals surface area contributed by atoms with Crippen molar-refractivity contribution in [2.24, 2.45) is 0 Å². The molecule has 1 amide bonds. The highest BCUT2D eigenvalue weighted by Crippen LogP contribution is 2.23. The Balaban J connectivity index is 2.56. The second-order valence-corrected chi connectivity index (χ2v) is 5.96. The van der Waals surface area contributed by atoms with Gasteiger partial charge in [0.05, 0.1) is 0 Å². The first-order valence-electron chi connectivity index (χ1n) is 7.41. The van der Waals surface area contributed by atoms with Gasteiger partial charge in [0.25, 0.3) is 0 Å². The zero-order valence-electron chi connectivity index (χ0n) is 13.6. The minimum atomic E-state index is 0.108. The van der Waals surface area contributed by atoms with Gasteiger partial charge in [0.15, 0.2) is 0 Å². The summed E-state index contributed by atoms with van der Waals surface area (Å²) in [5.74, 6) is 0.108. The van der Waals surface area contributed by atoms with Gasteiger partial charge in [-0.25, -0.2) is 0 Å². The van der Waals surface area contributed by atoms with Gasteiger partial charge >= 0.3 is 0 Å². The van der Waals surface area contributed by atoms with Crippen LogP contribution in [-0.2, 0) is 4.79 Å². The van der Waals surface area contributed by atoms with E-state index in [1.54, 1.807) is 0 Å². The summed E-state index contributed by atoms with van der Waals surface area (Å²) in [6.45, 7) is 13.2. The maximum Gasteiger partial charge on any atom is 0.221 e. The smallest absolute Gasteiger partial charge is 0.221 e. The van der Waals surface area contributed by atoms with Crippen LogP contribution in [0.5, 0.6) is 0 Å². The quantitative estimate of drug-likeness (QED) is 0.838.